The zero-order valence-electron chi connectivity index (χ0n) is 15.2. The van der Waals surface area contributed by atoms with E-state index < -0.39 is 27.6 Å². The van der Waals surface area contributed by atoms with Gasteiger partial charge in [-0.2, -0.15) is 0 Å². The Morgan fingerprint density at radius 3 is 2.62 bits per heavy atom. The Morgan fingerprint density at radius 1 is 1.23 bits per heavy atom. The summed E-state index contributed by atoms with van der Waals surface area (Å²) in [7, 11) is -3.23. The van der Waals surface area contributed by atoms with Crippen LogP contribution in [0.25, 0.3) is 0 Å². The summed E-state index contributed by atoms with van der Waals surface area (Å²) in [5.74, 6) is -0.904. The quantitative estimate of drug-likeness (QED) is 0.693. The normalized spacial score (nSPS) is 25.3. The molecule has 2 saturated heterocycles. The largest absolute Gasteiger partial charge is 0.329 e. The Bertz CT molecular complexity index is 779. The monoisotopic (exact) mass is 379 g/mol. The van der Waals surface area contributed by atoms with E-state index in [2.05, 4.69) is 9.88 Å². The standard InChI is InChI=1S/C18H25N3O4S/c1-13(2)8-17(22)18(23)21-7-6-20(10-14-4-3-5-19-9-14)15-11-26(24,25)12-16(15)21/h3-5,9,13,15-16H,6-8,10-12H2,1-2H3/t15-,16+/m1/s1. The van der Waals surface area contributed by atoms with E-state index >= 15 is 0 Å². The molecule has 0 N–H and O–H groups in total. The van der Waals surface area contributed by atoms with Gasteiger partial charge in [0.05, 0.1) is 17.5 Å². The van der Waals surface area contributed by atoms with Crippen LogP contribution in [-0.2, 0) is 26.0 Å². The number of amides is 1. The molecule has 8 heteroatoms. The lowest BCUT2D eigenvalue weighted by Gasteiger charge is -2.43. The van der Waals surface area contributed by atoms with Gasteiger partial charge in [0.15, 0.2) is 9.84 Å². The lowest BCUT2D eigenvalue weighted by atomic mass is 10.0. The van der Waals surface area contributed by atoms with Gasteiger partial charge in [-0.1, -0.05) is 19.9 Å². The first-order chi connectivity index (χ1) is 12.3. The van der Waals surface area contributed by atoms with E-state index in [1.807, 2.05) is 26.0 Å². The minimum atomic E-state index is -3.23. The summed E-state index contributed by atoms with van der Waals surface area (Å²) in [5, 5.41) is 0. The molecule has 0 aromatic carbocycles. The Balaban J connectivity index is 1.79. The molecule has 2 atom stereocenters. The molecule has 1 aromatic rings. The van der Waals surface area contributed by atoms with Gasteiger partial charge in [0.1, 0.15) is 0 Å². The number of hydrogen-bond acceptors (Lipinski definition) is 6. The topological polar surface area (TPSA) is 87.7 Å². The van der Waals surface area contributed by atoms with Gasteiger partial charge in [0, 0.05) is 44.5 Å². The first-order valence-electron chi connectivity index (χ1n) is 8.94. The van der Waals surface area contributed by atoms with Gasteiger partial charge in [-0.3, -0.25) is 19.5 Å². The van der Waals surface area contributed by atoms with Gasteiger partial charge >= 0.3 is 0 Å². The fourth-order valence-electron chi connectivity index (χ4n) is 3.82. The number of sulfone groups is 1. The third-order valence-electron chi connectivity index (χ3n) is 4.99. The predicted molar refractivity (Wildman–Crippen MR) is 97.1 cm³/mol. The van der Waals surface area contributed by atoms with Crippen molar-refractivity contribution in [2.75, 3.05) is 24.6 Å². The highest BCUT2D eigenvalue weighted by atomic mass is 32.2. The molecule has 0 radical (unpaired) electrons. The summed E-state index contributed by atoms with van der Waals surface area (Å²) in [5.41, 5.74) is 1.01. The summed E-state index contributed by atoms with van der Waals surface area (Å²) in [4.78, 5) is 32.5. The van der Waals surface area contributed by atoms with E-state index in [9.17, 15) is 18.0 Å². The van der Waals surface area contributed by atoms with Crippen LogP contribution in [0.15, 0.2) is 24.5 Å². The van der Waals surface area contributed by atoms with Crippen LogP contribution in [-0.4, -0.2) is 71.6 Å². The van der Waals surface area contributed by atoms with Crippen LogP contribution in [0.4, 0.5) is 0 Å². The second kappa shape index (κ2) is 7.44. The number of piperazine rings is 1. The predicted octanol–water partition coefficient (Wildman–Crippen LogP) is 0.507. The first-order valence-corrected chi connectivity index (χ1v) is 10.8. The van der Waals surface area contributed by atoms with Crippen molar-refractivity contribution in [3.63, 3.8) is 0 Å². The molecule has 0 unspecified atom stereocenters. The molecule has 7 nitrogen and oxygen atoms in total. The number of pyridine rings is 1. The Labute approximate surface area is 154 Å². The number of aromatic nitrogens is 1. The molecule has 26 heavy (non-hydrogen) atoms. The number of hydrogen-bond donors (Lipinski definition) is 0. The summed E-state index contributed by atoms with van der Waals surface area (Å²) in [6.07, 6.45) is 3.66. The maximum Gasteiger partial charge on any atom is 0.290 e. The van der Waals surface area contributed by atoms with E-state index in [1.165, 1.54) is 4.90 Å². The molecule has 0 spiro atoms. The van der Waals surface area contributed by atoms with Crippen molar-refractivity contribution in [3.05, 3.63) is 30.1 Å². The fourth-order valence-corrected chi connectivity index (χ4v) is 5.83. The molecule has 3 rings (SSSR count). The van der Waals surface area contributed by atoms with E-state index in [1.54, 1.807) is 12.4 Å². The van der Waals surface area contributed by atoms with Crippen molar-refractivity contribution in [3.8, 4) is 0 Å². The zero-order chi connectivity index (χ0) is 18.9. The molecule has 2 aliphatic heterocycles. The van der Waals surface area contributed by atoms with Crippen LogP contribution >= 0.6 is 0 Å². The number of carbonyl (C=O) groups excluding carboxylic acids is 2. The van der Waals surface area contributed by atoms with Crippen molar-refractivity contribution in [1.82, 2.24) is 14.8 Å². The molecule has 0 saturated carbocycles. The van der Waals surface area contributed by atoms with Crippen molar-refractivity contribution in [2.45, 2.75) is 38.9 Å². The van der Waals surface area contributed by atoms with Gasteiger partial charge in [-0.05, 0) is 17.5 Å². The third kappa shape index (κ3) is 4.12. The van der Waals surface area contributed by atoms with Crippen LogP contribution in [0, 0.1) is 5.92 Å². The van der Waals surface area contributed by atoms with Crippen molar-refractivity contribution in [2.24, 2.45) is 5.92 Å². The minimum Gasteiger partial charge on any atom is -0.329 e. The molecule has 0 bridgehead atoms. The average Bonchev–Trinajstić information content (AvgIpc) is 2.90. The van der Waals surface area contributed by atoms with Crippen LogP contribution in [0.1, 0.15) is 25.8 Å². The molecule has 0 aliphatic carbocycles. The molecule has 1 aromatic heterocycles. The summed E-state index contributed by atoms with van der Waals surface area (Å²) < 4.78 is 24.5. The van der Waals surface area contributed by atoms with Gasteiger partial charge in [0.2, 0.25) is 5.78 Å². The van der Waals surface area contributed by atoms with Crippen LogP contribution in [0.3, 0.4) is 0 Å². The minimum absolute atomic E-state index is 0.0279. The molecule has 142 valence electrons. The molecule has 3 heterocycles. The molecular formula is C18H25N3O4S. The first kappa shape index (κ1) is 19.0. The van der Waals surface area contributed by atoms with Crippen LogP contribution < -0.4 is 0 Å². The highest BCUT2D eigenvalue weighted by molar-refractivity contribution is 7.91. The van der Waals surface area contributed by atoms with E-state index in [0.29, 0.717) is 19.6 Å². The zero-order valence-corrected chi connectivity index (χ0v) is 16.0. The Morgan fingerprint density at radius 2 is 1.96 bits per heavy atom. The average molecular weight is 379 g/mol. The third-order valence-corrected chi connectivity index (χ3v) is 6.69. The Kier molecular flexibility index (Phi) is 5.43. The van der Waals surface area contributed by atoms with E-state index in [-0.39, 0.29) is 29.9 Å². The number of ketones is 1. The van der Waals surface area contributed by atoms with Crippen LogP contribution in [0.5, 0.6) is 0 Å². The smallest absolute Gasteiger partial charge is 0.290 e. The van der Waals surface area contributed by atoms with E-state index in [4.69, 9.17) is 0 Å². The summed E-state index contributed by atoms with van der Waals surface area (Å²) in [6.45, 7) is 5.29. The van der Waals surface area contributed by atoms with Gasteiger partial charge in [0.25, 0.3) is 5.91 Å². The second-order valence-corrected chi connectivity index (χ2v) is 9.72. The fraction of sp³-hybridized carbons (Fsp3) is 0.611. The maximum absolute atomic E-state index is 12.6. The van der Waals surface area contributed by atoms with Crippen LogP contribution in [0.2, 0.25) is 0 Å². The van der Waals surface area contributed by atoms with Crippen molar-refractivity contribution in [1.29, 1.82) is 0 Å². The van der Waals surface area contributed by atoms with E-state index in [0.717, 1.165) is 5.56 Å². The SMILES string of the molecule is CC(C)CC(=O)C(=O)N1CCN(Cc2cccnc2)[C@@H]2CS(=O)(=O)C[C@@H]21. The summed E-state index contributed by atoms with van der Waals surface area (Å²) in [6, 6.07) is 3.08. The maximum atomic E-state index is 12.6. The van der Waals surface area contributed by atoms with Crippen molar-refractivity contribution >= 4 is 21.5 Å². The lowest BCUT2D eigenvalue weighted by Crippen LogP contribution is -2.61. The number of fused-ring (bicyclic) bond motifs is 1. The highest BCUT2D eigenvalue weighted by Gasteiger charge is 2.48. The lowest BCUT2D eigenvalue weighted by molar-refractivity contribution is -0.149. The number of rotatable bonds is 5. The summed E-state index contributed by atoms with van der Waals surface area (Å²) >= 11 is 0. The second-order valence-electron chi connectivity index (χ2n) is 7.56. The number of nitrogens with zero attached hydrogens (tertiary/aromatic N) is 3. The molecule has 1 amide bonds. The van der Waals surface area contributed by atoms with Gasteiger partial charge in [-0.15, -0.1) is 0 Å². The molecule has 2 fully saturated rings. The molecular weight excluding hydrogens is 354 g/mol. The molecule has 2 aliphatic rings. The highest BCUT2D eigenvalue weighted by Crippen LogP contribution is 2.28. The number of carbonyl (C=O) groups is 2. The Hall–Kier alpha value is -1.80. The van der Waals surface area contributed by atoms with Gasteiger partial charge in [-0.25, -0.2) is 8.42 Å². The van der Waals surface area contributed by atoms with Gasteiger partial charge < -0.3 is 4.90 Å². The van der Waals surface area contributed by atoms with Crippen molar-refractivity contribution < 1.29 is 18.0 Å². The number of Topliss-reactive ketones (excluding diaryl/α,β-unsaturated/α-hetero) is 1.